The first kappa shape index (κ1) is 20.6. The molecule has 29 heavy (non-hydrogen) atoms. The first-order chi connectivity index (χ1) is 13.8. The summed E-state index contributed by atoms with van der Waals surface area (Å²) < 4.78 is 0.801. The summed E-state index contributed by atoms with van der Waals surface area (Å²) in [4.78, 5) is 36.7. The fourth-order valence-corrected chi connectivity index (χ4v) is 4.42. The lowest BCUT2D eigenvalue weighted by atomic mass is 10.1. The number of carbonyl (C=O) groups is 2. The van der Waals surface area contributed by atoms with Crippen molar-refractivity contribution in [1.82, 2.24) is 0 Å². The molecular weight excluding hydrogens is 460 g/mol. The molecule has 2 amide bonds. The van der Waals surface area contributed by atoms with Crippen molar-refractivity contribution in [3.63, 3.8) is 0 Å². The second kappa shape index (κ2) is 8.46. The standard InChI is InChI=1S/C19H13BrN4O4S/c20-12-4-6-13(7-5-12)23-18(26)16(29-19(23)15(10-21)17(22)25)9-11-2-1-3-14(8-11)24(27)28/h1-8,16H,9H2,(H2,22,25)/b19-15+/t16-/m0/s1. The van der Waals surface area contributed by atoms with Crippen molar-refractivity contribution in [2.24, 2.45) is 5.73 Å². The first-order valence-electron chi connectivity index (χ1n) is 8.25. The minimum Gasteiger partial charge on any atom is -0.365 e. The highest BCUT2D eigenvalue weighted by Crippen LogP contribution is 2.42. The number of non-ortho nitro benzene ring substituents is 1. The number of primary amides is 1. The first-order valence-corrected chi connectivity index (χ1v) is 9.92. The van der Waals surface area contributed by atoms with Gasteiger partial charge in [-0.25, -0.2) is 0 Å². The summed E-state index contributed by atoms with van der Waals surface area (Å²) in [6, 6.07) is 14.6. The molecule has 1 fully saturated rings. The predicted molar refractivity (Wildman–Crippen MR) is 112 cm³/mol. The van der Waals surface area contributed by atoms with Gasteiger partial charge in [0, 0.05) is 22.3 Å². The summed E-state index contributed by atoms with van der Waals surface area (Å²) in [5.41, 5.74) is 6.03. The van der Waals surface area contributed by atoms with Crippen molar-refractivity contribution in [2.45, 2.75) is 11.7 Å². The number of nitriles is 1. The second-order valence-corrected chi connectivity index (χ2v) is 8.15. The van der Waals surface area contributed by atoms with Crippen LogP contribution in [0.5, 0.6) is 0 Å². The number of hydrogen-bond donors (Lipinski definition) is 1. The molecule has 1 saturated heterocycles. The van der Waals surface area contributed by atoms with Crippen molar-refractivity contribution >= 4 is 50.9 Å². The highest BCUT2D eigenvalue weighted by Gasteiger charge is 2.40. The Labute approximate surface area is 178 Å². The lowest BCUT2D eigenvalue weighted by molar-refractivity contribution is -0.384. The monoisotopic (exact) mass is 472 g/mol. The van der Waals surface area contributed by atoms with Gasteiger partial charge in [0.15, 0.2) is 0 Å². The van der Waals surface area contributed by atoms with Crippen LogP contribution in [0.1, 0.15) is 5.56 Å². The number of carbonyl (C=O) groups excluding carboxylic acids is 2. The van der Waals surface area contributed by atoms with Gasteiger partial charge in [-0.05, 0) is 36.2 Å². The molecule has 0 radical (unpaired) electrons. The molecule has 0 saturated carbocycles. The third-order valence-electron chi connectivity index (χ3n) is 4.15. The summed E-state index contributed by atoms with van der Waals surface area (Å²) >= 11 is 4.37. The van der Waals surface area contributed by atoms with Gasteiger partial charge in [0.25, 0.3) is 11.6 Å². The third kappa shape index (κ3) is 4.31. The molecule has 1 aliphatic rings. The van der Waals surface area contributed by atoms with Gasteiger partial charge >= 0.3 is 0 Å². The number of thioether (sulfide) groups is 1. The molecule has 0 unspecified atom stereocenters. The third-order valence-corrected chi connectivity index (χ3v) is 5.94. The Morgan fingerprint density at radius 3 is 2.59 bits per heavy atom. The normalized spacial score (nSPS) is 17.7. The van der Waals surface area contributed by atoms with Gasteiger partial charge in [0.1, 0.15) is 16.7 Å². The maximum Gasteiger partial charge on any atom is 0.269 e. The number of nitro groups is 1. The largest absolute Gasteiger partial charge is 0.365 e. The summed E-state index contributed by atoms with van der Waals surface area (Å²) in [5.74, 6) is -1.27. The van der Waals surface area contributed by atoms with Crippen LogP contribution >= 0.6 is 27.7 Å². The molecule has 2 aromatic rings. The molecule has 2 N–H and O–H groups in total. The zero-order valence-electron chi connectivity index (χ0n) is 14.7. The van der Waals surface area contributed by atoms with Crippen LogP contribution in [0.3, 0.4) is 0 Å². The Hall–Kier alpha value is -3.16. The van der Waals surface area contributed by atoms with Crippen molar-refractivity contribution in [3.05, 3.63) is 79.3 Å². The number of amides is 2. The van der Waals surface area contributed by atoms with Gasteiger partial charge in [-0.2, -0.15) is 5.26 Å². The van der Waals surface area contributed by atoms with Gasteiger partial charge < -0.3 is 5.73 Å². The average molecular weight is 473 g/mol. The molecule has 0 aliphatic carbocycles. The molecule has 0 bridgehead atoms. The number of halogens is 1. The van der Waals surface area contributed by atoms with E-state index in [1.54, 1.807) is 42.5 Å². The van der Waals surface area contributed by atoms with Crippen molar-refractivity contribution in [1.29, 1.82) is 5.26 Å². The molecule has 8 nitrogen and oxygen atoms in total. The van der Waals surface area contributed by atoms with E-state index in [1.807, 2.05) is 0 Å². The summed E-state index contributed by atoms with van der Waals surface area (Å²) in [6.45, 7) is 0. The number of benzene rings is 2. The number of nitrogens with two attached hydrogens (primary N) is 1. The molecule has 0 aromatic heterocycles. The Morgan fingerprint density at radius 1 is 1.31 bits per heavy atom. The zero-order chi connectivity index (χ0) is 21.1. The minimum absolute atomic E-state index is 0.0756. The molecule has 146 valence electrons. The van der Waals surface area contributed by atoms with E-state index in [0.717, 1.165) is 16.2 Å². The van der Waals surface area contributed by atoms with E-state index in [1.165, 1.54) is 17.0 Å². The summed E-state index contributed by atoms with van der Waals surface area (Å²) in [6.07, 6.45) is 0.194. The topological polar surface area (TPSA) is 130 Å². The van der Waals surface area contributed by atoms with E-state index in [-0.39, 0.29) is 28.6 Å². The van der Waals surface area contributed by atoms with Crippen LogP contribution in [-0.2, 0) is 16.0 Å². The number of nitro benzene ring substituents is 1. The number of hydrogen-bond acceptors (Lipinski definition) is 6. The average Bonchev–Trinajstić information content (AvgIpc) is 2.99. The predicted octanol–water partition coefficient (Wildman–Crippen LogP) is 3.27. The van der Waals surface area contributed by atoms with Crippen LogP contribution in [0, 0.1) is 21.4 Å². The van der Waals surface area contributed by atoms with E-state index in [0.29, 0.717) is 11.3 Å². The zero-order valence-corrected chi connectivity index (χ0v) is 17.1. The van der Waals surface area contributed by atoms with Crippen molar-refractivity contribution < 1.29 is 14.5 Å². The molecule has 1 atom stereocenters. The van der Waals surface area contributed by atoms with E-state index in [9.17, 15) is 25.0 Å². The van der Waals surface area contributed by atoms with Crippen LogP contribution < -0.4 is 10.6 Å². The highest BCUT2D eigenvalue weighted by molar-refractivity contribution is 9.10. The Bertz CT molecular complexity index is 1080. The van der Waals surface area contributed by atoms with Gasteiger partial charge in [-0.3, -0.25) is 24.6 Å². The van der Waals surface area contributed by atoms with Crippen molar-refractivity contribution in [2.75, 3.05) is 4.90 Å². The number of anilines is 1. The fraction of sp³-hybridized carbons (Fsp3) is 0.105. The fourth-order valence-electron chi connectivity index (χ4n) is 2.84. The van der Waals surface area contributed by atoms with Gasteiger partial charge in [0.05, 0.1) is 10.2 Å². The van der Waals surface area contributed by atoms with E-state index in [4.69, 9.17) is 5.73 Å². The summed E-state index contributed by atoms with van der Waals surface area (Å²) in [5, 5.41) is 19.9. The smallest absolute Gasteiger partial charge is 0.269 e. The van der Waals surface area contributed by atoms with Crippen LogP contribution in [-0.4, -0.2) is 22.0 Å². The molecular formula is C19H13BrN4O4S. The van der Waals surface area contributed by atoms with E-state index >= 15 is 0 Å². The number of rotatable bonds is 5. The summed E-state index contributed by atoms with van der Waals surface area (Å²) in [7, 11) is 0. The van der Waals surface area contributed by atoms with Crippen LogP contribution in [0.15, 0.2) is 63.6 Å². The molecule has 1 aliphatic heterocycles. The van der Waals surface area contributed by atoms with Crippen LogP contribution in [0.4, 0.5) is 11.4 Å². The van der Waals surface area contributed by atoms with Crippen LogP contribution in [0.2, 0.25) is 0 Å². The second-order valence-electron chi connectivity index (χ2n) is 6.04. The maximum atomic E-state index is 13.1. The Morgan fingerprint density at radius 2 is 2.00 bits per heavy atom. The van der Waals surface area contributed by atoms with Gasteiger partial charge in [0.2, 0.25) is 5.91 Å². The highest BCUT2D eigenvalue weighted by atomic mass is 79.9. The SMILES string of the molecule is N#C/C(C(N)=O)=C1\S[C@@H](Cc2cccc([N+](=O)[O-])c2)C(=O)N1c1ccc(Br)cc1. The Balaban J connectivity index is 2.01. The Kier molecular flexibility index (Phi) is 6.00. The minimum atomic E-state index is -0.930. The molecule has 2 aromatic carbocycles. The van der Waals surface area contributed by atoms with Crippen molar-refractivity contribution in [3.8, 4) is 6.07 Å². The van der Waals surface area contributed by atoms with E-state index in [2.05, 4.69) is 15.9 Å². The quantitative estimate of drug-likeness (QED) is 0.307. The maximum absolute atomic E-state index is 13.1. The van der Waals surface area contributed by atoms with Gasteiger partial charge in [-0.15, -0.1) is 0 Å². The van der Waals surface area contributed by atoms with Crippen LogP contribution in [0.25, 0.3) is 0 Å². The lowest BCUT2D eigenvalue weighted by Crippen LogP contribution is -2.31. The lowest BCUT2D eigenvalue weighted by Gasteiger charge is -2.18. The van der Waals surface area contributed by atoms with Gasteiger partial charge in [-0.1, -0.05) is 39.8 Å². The molecule has 10 heteroatoms. The number of nitrogens with zero attached hydrogens (tertiary/aromatic N) is 3. The van der Waals surface area contributed by atoms with E-state index < -0.39 is 16.1 Å². The molecule has 3 rings (SSSR count). The molecule has 0 spiro atoms. The molecule has 1 heterocycles.